The van der Waals surface area contributed by atoms with Gasteiger partial charge in [-0.3, -0.25) is 14.4 Å². The van der Waals surface area contributed by atoms with Crippen molar-refractivity contribution in [3.05, 3.63) is 0 Å². The summed E-state index contributed by atoms with van der Waals surface area (Å²) in [6.45, 7) is 0. The molecule has 0 aromatic heterocycles. The average molecular weight is 274 g/mol. The van der Waals surface area contributed by atoms with Gasteiger partial charge in [-0.1, -0.05) is 25.7 Å². The average Bonchev–Trinajstić information content (AvgIpc) is 2.70. The van der Waals surface area contributed by atoms with Gasteiger partial charge in [0, 0.05) is 11.8 Å². The van der Waals surface area contributed by atoms with Gasteiger partial charge < -0.3 is 0 Å². The predicted octanol–water partition coefficient (Wildman–Crippen LogP) is 2.57. The number of fused-ring (bicyclic) bond motifs is 4. The molecule has 0 aromatic carbocycles. The third-order valence-corrected chi connectivity index (χ3v) is 6.68. The van der Waals surface area contributed by atoms with Crippen LogP contribution in [-0.2, 0) is 14.4 Å². The third-order valence-electron chi connectivity index (χ3n) is 6.68. The number of carbonyl (C=O) groups excluding carboxylic acids is 3. The van der Waals surface area contributed by atoms with Crippen molar-refractivity contribution in [2.24, 2.45) is 35.5 Å². The molecule has 0 bridgehead atoms. The highest BCUT2D eigenvalue weighted by Gasteiger charge is 2.57. The highest BCUT2D eigenvalue weighted by molar-refractivity contribution is 6.68. The van der Waals surface area contributed by atoms with Crippen molar-refractivity contribution in [1.29, 1.82) is 0 Å². The van der Waals surface area contributed by atoms with Gasteiger partial charge in [0.25, 0.3) is 5.78 Å². The Kier molecular flexibility index (Phi) is 2.87. The molecule has 3 nitrogen and oxygen atoms in total. The fourth-order valence-corrected chi connectivity index (χ4v) is 5.77. The summed E-state index contributed by atoms with van der Waals surface area (Å²) in [4.78, 5) is 35.9. The minimum atomic E-state index is -0.689. The van der Waals surface area contributed by atoms with Crippen molar-refractivity contribution < 1.29 is 14.4 Å². The lowest BCUT2D eigenvalue weighted by Gasteiger charge is -2.49. The van der Waals surface area contributed by atoms with Crippen LogP contribution in [0.3, 0.4) is 0 Å². The van der Waals surface area contributed by atoms with Crippen molar-refractivity contribution in [2.75, 3.05) is 0 Å². The highest BCUT2D eigenvalue weighted by atomic mass is 16.2. The van der Waals surface area contributed by atoms with Crippen molar-refractivity contribution in [2.45, 2.75) is 51.4 Å². The summed E-state index contributed by atoms with van der Waals surface area (Å²) in [6.07, 6.45) is 9.51. The van der Waals surface area contributed by atoms with Gasteiger partial charge in [-0.25, -0.2) is 0 Å². The Bertz CT molecular complexity index is 481. The first-order chi connectivity index (χ1) is 9.66. The summed E-state index contributed by atoms with van der Waals surface area (Å²) in [5.74, 6) is 0.633. The second-order valence-electron chi connectivity index (χ2n) is 7.47. The van der Waals surface area contributed by atoms with E-state index in [9.17, 15) is 14.4 Å². The number of hydrogen-bond donors (Lipinski definition) is 0. The van der Waals surface area contributed by atoms with Gasteiger partial charge in [-0.15, -0.1) is 0 Å². The van der Waals surface area contributed by atoms with E-state index >= 15 is 0 Å². The van der Waals surface area contributed by atoms with Crippen molar-refractivity contribution >= 4 is 17.3 Å². The molecule has 108 valence electrons. The first kappa shape index (κ1) is 12.7. The summed E-state index contributed by atoms with van der Waals surface area (Å²) < 4.78 is 0. The zero-order chi connectivity index (χ0) is 13.9. The molecule has 0 heterocycles. The van der Waals surface area contributed by atoms with Crippen LogP contribution < -0.4 is 0 Å². The topological polar surface area (TPSA) is 51.2 Å². The van der Waals surface area contributed by atoms with Gasteiger partial charge in [0.2, 0.25) is 11.6 Å². The molecule has 20 heavy (non-hydrogen) atoms. The van der Waals surface area contributed by atoms with Crippen LogP contribution in [-0.4, -0.2) is 17.3 Å². The molecule has 4 saturated carbocycles. The van der Waals surface area contributed by atoms with Crippen molar-refractivity contribution in [1.82, 2.24) is 0 Å². The third kappa shape index (κ3) is 1.68. The fourth-order valence-electron chi connectivity index (χ4n) is 5.77. The lowest BCUT2D eigenvalue weighted by Crippen LogP contribution is -2.43. The maximum absolute atomic E-state index is 12.2. The van der Waals surface area contributed by atoms with Gasteiger partial charge in [0.15, 0.2) is 0 Å². The van der Waals surface area contributed by atoms with E-state index in [1.807, 2.05) is 0 Å². The van der Waals surface area contributed by atoms with Gasteiger partial charge in [0.1, 0.15) is 0 Å². The zero-order valence-electron chi connectivity index (χ0n) is 11.8. The minimum Gasteiger partial charge on any atom is -0.290 e. The molecular weight excluding hydrogens is 252 g/mol. The van der Waals surface area contributed by atoms with Crippen LogP contribution in [0.4, 0.5) is 0 Å². The Balaban J connectivity index is 1.62. The van der Waals surface area contributed by atoms with Gasteiger partial charge in [-0.2, -0.15) is 0 Å². The van der Waals surface area contributed by atoms with Crippen LogP contribution in [0.1, 0.15) is 51.4 Å². The Morgan fingerprint density at radius 1 is 0.700 bits per heavy atom. The van der Waals surface area contributed by atoms with Crippen molar-refractivity contribution in [3.8, 4) is 0 Å². The molecule has 0 radical (unpaired) electrons. The van der Waals surface area contributed by atoms with Crippen LogP contribution in [0.2, 0.25) is 0 Å². The largest absolute Gasteiger partial charge is 0.290 e. The van der Waals surface area contributed by atoms with E-state index in [0.29, 0.717) is 11.8 Å². The van der Waals surface area contributed by atoms with Crippen LogP contribution >= 0.6 is 0 Å². The summed E-state index contributed by atoms with van der Waals surface area (Å²) in [7, 11) is 0. The first-order valence-corrected chi connectivity index (χ1v) is 8.29. The molecule has 0 aliphatic heterocycles. The van der Waals surface area contributed by atoms with E-state index in [-0.39, 0.29) is 23.4 Å². The Hall–Kier alpha value is -0.990. The number of carbonyl (C=O) groups is 3. The molecule has 0 spiro atoms. The lowest BCUT2D eigenvalue weighted by molar-refractivity contribution is -0.141. The van der Waals surface area contributed by atoms with E-state index in [2.05, 4.69) is 0 Å². The monoisotopic (exact) mass is 274 g/mol. The van der Waals surface area contributed by atoms with Crippen LogP contribution in [0.25, 0.3) is 0 Å². The van der Waals surface area contributed by atoms with E-state index in [1.54, 1.807) is 0 Å². The molecule has 4 aliphatic carbocycles. The second-order valence-corrected chi connectivity index (χ2v) is 7.47. The highest BCUT2D eigenvalue weighted by Crippen LogP contribution is 2.54. The summed E-state index contributed by atoms with van der Waals surface area (Å²) in [5.41, 5.74) is 0. The van der Waals surface area contributed by atoms with Crippen molar-refractivity contribution in [3.63, 3.8) is 0 Å². The second kappa shape index (κ2) is 4.51. The molecule has 0 aromatic rings. The Morgan fingerprint density at radius 3 is 2.15 bits per heavy atom. The fraction of sp³-hybridized carbons (Fsp3) is 0.824. The van der Waals surface area contributed by atoms with Gasteiger partial charge >= 0.3 is 0 Å². The van der Waals surface area contributed by atoms with E-state index in [1.165, 1.54) is 32.1 Å². The number of ketones is 3. The number of rotatable bonds is 0. The molecule has 4 aliphatic rings. The van der Waals surface area contributed by atoms with Crippen LogP contribution in [0.15, 0.2) is 0 Å². The maximum atomic E-state index is 12.2. The standard InChI is InChI=1S/C17H22O3/c18-15-12-6-5-11-7-9-3-1-2-4-10(9)8-13(11)14(12)16(19)17(15)20/h9-14H,1-8H2. The van der Waals surface area contributed by atoms with Crippen LogP contribution in [0, 0.1) is 35.5 Å². The zero-order valence-corrected chi connectivity index (χ0v) is 11.8. The number of hydrogen-bond acceptors (Lipinski definition) is 3. The number of Topliss-reactive ketones (excluding diaryl/α,β-unsaturated/α-hetero) is 3. The van der Waals surface area contributed by atoms with Gasteiger partial charge in [0.05, 0.1) is 0 Å². The summed E-state index contributed by atoms with van der Waals surface area (Å²) in [6, 6.07) is 0. The van der Waals surface area contributed by atoms with E-state index in [0.717, 1.165) is 31.1 Å². The maximum Gasteiger partial charge on any atom is 0.264 e. The van der Waals surface area contributed by atoms with E-state index in [4.69, 9.17) is 0 Å². The molecule has 0 saturated heterocycles. The SMILES string of the molecule is O=C1C(=O)C2CCC3CC4CCCCC4CC3C2C1=O. The van der Waals surface area contributed by atoms with E-state index < -0.39 is 5.78 Å². The normalized spacial score (nSPS) is 47.7. The summed E-state index contributed by atoms with van der Waals surface area (Å²) in [5, 5.41) is 0. The summed E-state index contributed by atoms with van der Waals surface area (Å²) >= 11 is 0. The van der Waals surface area contributed by atoms with Gasteiger partial charge in [-0.05, 0) is 49.4 Å². The molecule has 3 heteroatoms. The smallest absolute Gasteiger partial charge is 0.264 e. The lowest BCUT2D eigenvalue weighted by atomic mass is 9.55. The Labute approximate surface area is 119 Å². The predicted molar refractivity (Wildman–Crippen MR) is 72.9 cm³/mol. The molecular formula is C17H22O3. The first-order valence-electron chi connectivity index (χ1n) is 8.29. The molecule has 0 N–H and O–H groups in total. The Morgan fingerprint density at radius 2 is 1.40 bits per heavy atom. The molecule has 4 fully saturated rings. The molecule has 6 unspecified atom stereocenters. The quantitative estimate of drug-likeness (QED) is 0.638. The molecule has 0 amide bonds. The van der Waals surface area contributed by atoms with Crippen LogP contribution in [0.5, 0.6) is 0 Å². The molecule has 6 atom stereocenters. The minimum absolute atomic E-state index is 0.239. The molecule has 4 rings (SSSR count).